The Kier molecular flexibility index (Phi) is 7.44. The molecule has 0 heterocycles. The van der Waals surface area contributed by atoms with Crippen LogP contribution in [0, 0.1) is 23.3 Å². The Morgan fingerprint density at radius 3 is 1.22 bits per heavy atom. The molecule has 0 spiro atoms. The van der Waals surface area contributed by atoms with Crippen molar-refractivity contribution >= 4 is 12.4 Å². The maximum atomic E-state index is 14.3. The molecular formula is C28H20F4N2O2. The van der Waals surface area contributed by atoms with Crippen molar-refractivity contribution in [3.8, 4) is 11.5 Å². The maximum Gasteiger partial charge on any atom is 0.135 e. The summed E-state index contributed by atoms with van der Waals surface area (Å²) in [5, 5.41) is 20.2. The highest BCUT2D eigenvalue weighted by Crippen LogP contribution is 2.36. The van der Waals surface area contributed by atoms with Gasteiger partial charge in [0.25, 0.3) is 0 Å². The monoisotopic (exact) mass is 492 g/mol. The second-order valence-corrected chi connectivity index (χ2v) is 7.89. The lowest BCUT2D eigenvalue weighted by molar-refractivity contribution is 0.466. The predicted molar refractivity (Wildman–Crippen MR) is 130 cm³/mol. The standard InChI is InChI=1S/C28H20F4N2O2/c29-19-11-7-17(8-12-19)27(33-15-21-23(31)3-1-5-25(21)35)28(18-9-13-20(30)14-10-18)34-16-22-24(32)4-2-6-26(22)36/h1-16,27-28,35-36H. The van der Waals surface area contributed by atoms with Gasteiger partial charge in [0.05, 0.1) is 11.1 Å². The van der Waals surface area contributed by atoms with Gasteiger partial charge in [-0.1, -0.05) is 36.4 Å². The van der Waals surface area contributed by atoms with Gasteiger partial charge in [-0.2, -0.15) is 0 Å². The summed E-state index contributed by atoms with van der Waals surface area (Å²) >= 11 is 0. The van der Waals surface area contributed by atoms with Crippen molar-refractivity contribution in [3.05, 3.63) is 130 Å². The van der Waals surface area contributed by atoms with Crippen molar-refractivity contribution in [2.75, 3.05) is 0 Å². The van der Waals surface area contributed by atoms with Gasteiger partial charge in [-0.25, -0.2) is 17.6 Å². The summed E-state index contributed by atoms with van der Waals surface area (Å²) in [7, 11) is 0. The van der Waals surface area contributed by atoms with E-state index in [0.29, 0.717) is 11.1 Å². The number of nitrogens with zero attached hydrogens (tertiary/aromatic N) is 2. The summed E-state index contributed by atoms with van der Waals surface area (Å²) < 4.78 is 56.0. The van der Waals surface area contributed by atoms with Gasteiger partial charge in [-0.15, -0.1) is 0 Å². The van der Waals surface area contributed by atoms with Crippen LogP contribution in [0.5, 0.6) is 11.5 Å². The van der Waals surface area contributed by atoms with E-state index in [1.807, 2.05) is 0 Å². The molecule has 0 aliphatic heterocycles. The third-order valence-electron chi connectivity index (χ3n) is 5.51. The molecule has 0 radical (unpaired) electrons. The van der Waals surface area contributed by atoms with Crippen LogP contribution in [0.2, 0.25) is 0 Å². The fourth-order valence-electron chi connectivity index (χ4n) is 3.64. The Balaban J connectivity index is 1.86. The van der Waals surface area contributed by atoms with Gasteiger partial charge in [0, 0.05) is 12.4 Å². The molecule has 182 valence electrons. The zero-order chi connectivity index (χ0) is 25.7. The van der Waals surface area contributed by atoms with Gasteiger partial charge in [-0.3, -0.25) is 9.98 Å². The summed E-state index contributed by atoms with van der Waals surface area (Å²) in [5.74, 6) is -3.09. The number of hydrogen-bond acceptors (Lipinski definition) is 4. The fraction of sp³-hybridized carbons (Fsp3) is 0.0714. The number of aliphatic imine (C=N–C) groups is 2. The van der Waals surface area contributed by atoms with Crippen LogP contribution in [-0.2, 0) is 0 Å². The van der Waals surface area contributed by atoms with Crippen LogP contribution in [0.25, 0.3) is 0 Å². The first-order valence-electron chi connectivity index (χ1n) is 10.9. The fourth-order valence-corrected chi connectivity index (χ4v) is 3.64. The summed E-state index contributed by atoms with van der Waals surface area (Å²) in [6.07, 6.45) is 2.26. The molecule has 0 aliphatic rings. The molecule has 4 aromatic carbocycles. The van der Waals surface area contributed by atoms with Crippen molar-refractivity contribution in [3.63, 3.8) is 0 Å². The Hall–Kier alpha value is -4.46. The lowest BCUT2D eigenvalue weighted by Gasteiger charge is -2.22. The second kappa shape index (κ2) is 10.9. The molecule has 2 atom stereocenters. The third kappa shape index (κ3) is 5.60. The van der Waals surface area contributed by atoms with E-state index in [4.69, 9.17) is 0 Å². The van der Waals surface area contributed by atoms with E-state index in [0.717, 1.165) is 24.6 Å². The quantitative estimate of drug-likeness (QED) is 0.223. The minimum Gasteiger partial charge on any atom is -0.507 e. The third-order valence-corrected chi connectivity index (χ3v) is 5.51. The zero-order valence-electron chi connectivity index (χ0n) is 18.7. The highest BCUT2D eigenvalue weighted by Gasteiger charge is 2.24. The first-order chi connectivity index (χ1) is 17.3. The number of phenolic OH excluding ortho intramolecular Hbond substituents is 2. The molecule has 0 aromatic heterocycles. The molecule has 4 aromatic rings. The SMILES string of the molecule is Oc1cccc(F)c1C=NC(c1ccc(F)cc1)C(N=Cc1c(O)cccc1F)c1ccc(F)cc1. The summed E-state index contributed by atoms with van der Waals surface area (Å²) in [4.78, 5) is 8.92. The number of aromatic hydroxyl groups is 2. The number of phenols is 2. The van der Waals surface area contributed by atoms with Crippen LogP contribution in [0.1, 0.15) is 34.3 Å². The lowest BCUT2D eigenvalue weighted by Crippen LogP contribution is -2.10. The van der Waals surface area contributed by atoms with Crippen LogP contribution < -0.4 is 0 Å². The van der Waals surface area contributed by atoms with Crippen LogP contribution in [0.15, 0.2) is 94.9 Å². The van der Waals surface area contributed by atoms with Gasteiger partial charge in [0.1, 0.15) is 46.9 Å². The Morgan fingerprint density at radius 2 is 0.889 bits per heavy atom. The minimum absolute atomic E-state index is 0.168. The highest BCUT2D eigenvalue weighted by atomic mass is 19.1. The average molecular weight is 492 g/mol. The number of halogens is 4. The molecule has 0 saturated carbocycles. The summed E-state index contributed by atoms with van der Waals surface area (Å²) in [6, 6.07) is 16.4. The first-order valence-corrected chi connectivity index (χ1v) is 10.9. The molecule has 36 heavy (non-hydrogen) atoms. The van der Waals surface area contributed by atoms with E-state index in [1.165, 1.54) is 72.8 Å². The van der Waals surface area contributed by atoms with E-state index in [-0.39, 0.29) is 22.6 Å². The largest absolute Gasteiger partial charge is 0.507 e. The smallest absolute Gasteiger partial charge is 0.135 e. The number of benzene rings is 4. The maximum absolute atomic E-state index is 14.3. The van der Waals surface area contributed by atoms with Crippen LogP contribution in [0.3, 0.4) is 0 Å². The molecular weight excluding hydrogens is 472 g/mol. The van der Waals surface area contributed by atoms with Crippen molar-refractivity contribution < 1.29 is 27.8 Å². The van der Waals surface area contributed by atoms with Crippen molar-refractivity contribution in [1.82, 2.24) is 0 Å². The minimum atomic E-state index is -0.930. The number of hydrogen-bond donors (Lipinski definition) is 2. The average Bonchev–Trinajstić information content (AvgIpc) is 2.85. The molecule has 0 amide bonds. The molecule has 0 bridgehead atoms. The Bertz CT molecular complexity index is 1250. The Labute approximate surface area is 204 Å². The lowest BCUT2D eigenvalue weighted by atomic mass is 9.94. The van der Waals surface area contributed by atoms with E-state index < -0.39 is 35.4 Å². The van der Waals surface area contributed by atoms with Gasteiger partial charge in [-0.05, 0) is 59.7 Å². The van der Waals surface area contributed by atoms with Crippen LogP contribution >= 0.6 is 0 Å². The van der Waals surface area contributed by atoms with Gasteiger partial charge in [0.15, 0.2) is 0 Å². The predicted octanol–water partition coefficient (Wildman–Crippen LogP) is 6.67. The molecule has 2 N–H and O–H groups in total. The molecule has 0 saturated heterocycles. The first kappa shape index (κ1) is 24.7. The zero-order valence-corrected chi connectivity index (χ0v) is 18.7. The molecule has 0 aliphatic carbocycles. The summed E-state index contributed by atoms with van der Waals surface area (Å²) in [6.45, 7) is 0. The second-order valence-electron chi connectivity index (χ2n) is 7.89. The normalized spacial score (nSPS) is 13.3. The topological polar surface area (TPSA) is 65.2 Å². The number of rotatable bonds is 7. The van der Waals surface area contributed by atoms with E-state index in [2.05, 4.69) is 9.98 Å². The molecule has 4 nitrogen and oxygen atoms in total. The van der Waals surface area contributed by atoms with Crippen LogP contribution in [-0.4, -0.2) is 22.6 Å². The molecule has 2 unspecified atom stereocenters. The highest BCUT2D eigenvalue weighted by molar-refractivity contribution is 5.85. The van der Waals surface area contributed by atoms with Gasteiger partial charge in [0.2, 0.25) is 0 Å². The van der Waals surface area contributed by atoms with Crippen LogP contribution in [0.4, 0.5) is 17.6 Å². The molecule has 0 fully saturated rings. The summed E-state index contributed by atoms with van der Waals surface area (Å²) in [5.41, 5.74) is 0.594. The van der Waals surface area contributed by atoms with Gasteiger partial charge >= 0.3 is 0 Å². The van der Waals surface area contributed by atoms with E-state index in [9.17, 15) is 27.8 Å². The van der Waals surface area contributed by atoms with E-state index >= 15 is 0 Å². The van der Waals surface area contributed by atoms with Crippen molar-refractivity contribution in [1.29, 1.82) is 0 Å². The van der Waals surface area contributed by atoms with Crippen molar-refractivity contribution in [2.24, 2.45) is 9.98 Å². The van der Waals surface area contributed by atoms with Crippen molar-refractivity contribution in [2.45, 2.75) is 12.1 Å². The van der Waals surface area contributed by atoms with E-state index in [1.54, 1.807) is 0 Å². The Morgan fingerprint density at radius 1 is 0.528 bits per heavy atom. The van der Waals surface area contributed by atoms with Gasteiger partial charge < -0.3 is 10.2 Å². The molecule has 4 rings (SSSR count). The molecule has 8 heteroatoms.